The topological polar surface area (TPSA) is 26.3 Å². The van der Waals surface area contributed by atoms with Crippen molar-refractivity contribution in [2.75, 3.05) is 7.11 Å². The van der Waals surface area contributed by atoms with Crippen LogP contribution in [0.3, 0.4) is 0 Å². The number of halogens is 2. The van der Waals surface area contributed by atoms with Crippen LogP contribution in [-0.2, 0) is 17.6 Å². The molecule has 0 aliphatic carbocycles. The Labute approximate surface area is 128 Å². The van der Waals surface area contributed by atoms with Gasteiger partial charge in [0, 0.05) is 12.8 Å². The maximum atomic E-state index is 13.7. The molecule has 21 heavy (non-hydrogen) atoms. The van der Waals surface area contributed by atoms with Crippen molar-refractivity contribution < 1.29 is 13.9 Å². The van der Waals surface area contributed by atoms with Crippen LogP contribution in [0.2, 0.25) is 5.02 Å². The minimum absolute atomic E-state index is 0.00742. The molecule has 0 saturated carbocycles. The van der Waals surface area contributed by atoms with E-state index in [0.29, 0.717) is 18.4 Å². The molecule has 0 N–H and O–H groups in total. The second kappa shape index (κ2) is 7.23. The zero-order valence-corrected chi connectivity index (χ0v) is 12.5. The summed E-state index contributed by atoms with van der Waals surface area (Å²) in [4.78, 5) is 11.9. The number of ketones is 1. The Hall–Kier alpha value is -1.87. The van der Waals surface area contributed by atoms with Crippen LogP contribution in [0.25, 0.3) is 0 Å². The maximum absolute atomic E-state index is 13.7. The summed E-state index contributed by atoms with van der Waals surface area (Å²) in [7, 11) is 1.61. The molecule has 4 heteroatoms. The van der Waals surface area contributed by atoms with E-state index in [4.69, 9.17) is 16.3 Å². The second-order valence-electron chi connectivity index (χ2n) is 4.78. The van der Waals surface area contributed by atoms with Crippen molar-refractivity contribution >= 4 is 17.4 Å². The van der Waals surface area contributed by atoms with Crippen LogP contribution in [0, 0.1) is 5.82 Å². The molecule has 0 fully saturated rings. The molecule has 0 heterocycles. The highest BCUT2D eigenvalue weighted by Gasteiger charge is 2.10. The average Bonchev–Trinajstić information content (AvgIpc) is 2.50. The fourth-order valence-corrected chi connectivity index (χ4v) is 2.26. The first-order valence-electron chi connectivity index (χ1n) is 6.67. The molecule has 0 aliphatic rings. The van der Waals surface area contributed by atoms with E-state index in [-0.39, 0.29) is 17.2 Å². The number of Topliss-reactive ketones (excluding diaryl/α,β-unsaturated/α-hetero) is 1. The Morgan fingerprint density at radius 2 is 1.90 bits per heavy atom. The van der Waals surface area contributed by atoms with E-state index in [1.54, 1.807) is 19.2 Å². The predicted octanol–water partition coefficient (Wildman–Crippen LogP) is 4.23. The zero-order chi connectivity index (χ0) is 15.2. The van der Waals surface area contributed by atoms with Crippen LogP contribution in [0.5, 0.6) is 5.75 Å². The SMILES string of the molecule is COc1ccc(CCC(=O)Cc2cccc(Cl)c2F)cc1. The van der Waals surface area contributed by atoms with Gasteiger partial charge in [0.1, 0.15) is 17.3 Å². The Balaban J connectivity index is 1.91. The third kappa shape index (κ3) is 4.30. The lowest BCUT2D eigenvalue weighted by Crippen LogP contribution is -2.06. The number of hydrogen-bond donors (Lipinski definition) is 0. The molecule has 2 aromatic carbocycles. The van der Waals surface area contributed by atoms with E-state index < -0.39 is 5.82 Å². The Kier molecular flexibility index (Phi) is 5.34. The lowest BCUT2D eigenvalue weighted by molar-refractivity contribution is -0.118. The molecule has 0 spiro atoms. The molecule has 0 aromatic heterocycles. The van der Waals surface area contributed by atoms with Gasteiger partial charge in [-0.1, -0.05) is 35.9 Å². The standard InChI is InChI=1S/C17H16ClFO2/c1-21-15-9-6-12(7-10-15)5-8-14(20)11-13-3-2-4-16(18)17(13)19/h2-4,6-7,9-10H,5,8,11H2,1H3. The summed E-state index contributed by atoms with van der Waals surface area (Å²) < 4.78 is 18.8. The van der Waals surface area contributed by atoms with Crippen molar-refractivity contribution in [2.45, 2.75) is 19.3 Å². The third-order valence-electron chi connectivity index (χ3n) is 3.27. The molecule has 2 nitrogen and oxygen atoms in total. The third-order valence-corrected chi connectivity index (χ3v) is 3.56. The van der Waals surface area contributed by atoms with Gasteiger partial charge in [0.05, 0.1) is 12.1 Å². The zero-order valence-electron chi connectivity index (χ0n) is 11.7. The quantitative estimate of drug-likeness (QED) is 0.798. The number of carbonyl (C=O) groups excluding carboxylic acids is 1. The van der Waals surface area contributed by atoms with E-state index in [1.165, 1.54) is 6.07 Å². The number of hydrogen-bond acceptors (Lipinski definition) is 2. The Morgan fingerprint density at radius 1 is 1.19 bits per heavy atom. The minimum atomic E-state index is -0.503. The van der Waals surface area contributed by atoms with Gasteiger partial charge in [0.25, 0.3) is 0 Å². The molecule has 0 bridgehead atoms. The van der Waals surface area contributed by atoms with Crippen molar-refractivity contribution in [3.05, 3.63) is 64.4 Å². The molecular formula is C17H16ClFO2. The van der Waals surface area contributed by atoms with Gasteiger partial charge < -0.3 is 4.74 Å². The molecule has 110 valence electrons. The van der Waals surface area contributed by atoms with Crippen LogP contribution < -0.4 is 4.74 Å². The summed E-state index contributed by atoms with van der Waals surface area (Å²) in [5.74, 6) is 0.273. The van der Waals surface area contributed by atoms with Crippen molar-refractivity contribution in [3.8, 4) is 5.75 Å². The number of rotatable bonds is 6. The van der Waals surface area contributed by atoms with Crippen LogP contribution in [0.4, 0.5) is 4.39 Å². The maximum Gasteiger partial charge on any atom is 0.145 e. The smallest absolute Gasteiger partial charge is 0.145 e. The Bertz CT molecular complexity index is 623. The van der Waals surface area contributed by atoms with Crippen molar-refractivity contribution in [2.24, 2.45) is 0 Å². The van der Waals surface area contributed by atoms with E-state index in [0.717, 1.165) is 11.3 Å². The fourth-order valence-electron chi connectivity index (χ4n) is 2.06. The lowest BCUT2D eigenvalue weighted by atomic mass is 10.0. The molecule has 0 amide bonds. The number of carbonyl (C=O) groups is 1. The summed E-state index contributed by atoms with van der Waals surface area (Å²) in [6, 6.07) is 12.3. The molecule has 0 radical (unpaired) electrons. The van der Waals surface area contributed by atoms with E-state index in [1.807, 2.05) is 24.3 Å². The fraction of sp³-hybridized carbons (Fsp3) is 0.235. The van der Waals surface area contributed by atoms with Gasteiger partial charge in [-0.3, -0.25) is 4.79 Å². The van der Waals surface area contributed by atoms with Crippen LogP contribution in [0.1, 0.15) is 17.5 Å². The van der Waals surface area contributed by atoms with Crippen molar-refractivity contribution in [1.82, 2.24) is 0 Å². The lowest BCUT2D eigenvalue weighted by Gasteiger charge is -2.05. The number of aryl methyl sites for hydroxylation is 1. The highest BCUT2D eigenvalue weighted by Crippen LogP contribution is 2.19. The first-order chi connectivity index (χ1) is 10.1. The predicted molar refractivity (Wildman–Crippen MR) is 81.4 cm³/mol. The largest absolute Gasteiger partial charge is 0.497 e. The van der Waals surface area contributed by atoms with Crippen molar-refractivity contribution in [3.63, 3.8) is 0 Å². The first kappa shape index (κ1) is 15.5. The highest BCUT2D eigenvalue weighted by atomic mass is 35.5. The number of ether oxygens (including phenoxy) is 1. The van der Waals surface area contributed by atoms with E-state index in [9.17, 15) is 9.18 Å². The monoisotopic (exact) mass is 306 g/mol. The summed E-state index contributed by atoms with van der Waals surface area (Å²) in [5, 5.41) is 0.0513. The molecule has 0 saturated heterocycles. The summed E-state index contributed by atoms with van der Waals surface area (Å²) in [6.45, 7) is 0. The van der Waals surface area contributed by atoms with Gasteiger partial charge in [0.2, 0.25) is 0 Å². The number of benzene rings is 2. The van der Waals surface area contributed by atoms with E-state index >= 15 is 0 Å². The molecule has 0 unspecified atom stereocenters. The van der Waals surface area contributed by atoms with Gasteiger partial charge in [-0.25, -0.2) is 4.39 Å². The number of methoxy groups -OCH3 is 1. The van der Waals surface area contributed by atoms with Gasteiger partial charge in [0.15, 0.2) is 0 Å². The Morgan fingerprint density at radius 3 is 2.57 bits per heavy atom. The molecule has 0 aliphatic heterocycles. The highest BCUT2D eigenvalue weighted by molar-refractivity contribution is 6.30. The summed E-state index contributed by atoms with van der Waals surface area (Å²) in [5.41, 5.74) is 1.40. The summed E-state index contributed by atoms with van der Waals surface area (Å²) >= 11 is 5.70. The van der Waals surface area contributed by atoms with Crippen molar-refractivity contribution in [1.29, 1.82) is 0 Å². The normalized spacial score (nSPS) is 10.4. The molecule has 0 atom stereocenters. The van der Waals surface area contributed by atoms with Crippen LogP contribution in [0.15, 0.2) is 42.5 Å². The average molecular weight is 307 g/mol. The van der Waals surface area contributed by atoms with Gasteiger partial charge in [-0.15, -0.1) is 0 Å². The summed E-state index contributed by atoms with van der Waals surface area (Å²) in [6.07, 6.45) is 1.08. The van der Waals surface area contributed by atoms with Crippen LogP contribution >= 0.6 is 11.6 Å². The van der Waals surface area contributed by atoms with Gasteiger partial charge in [-0.2, -0.15) is 0 Å². The van der Waals surface area contributed by atoms with E-state index in [2.05, 4.69) is 0 Å². The van der Waals surface area contributed by atoms with Crippen LogP contribution in [-0.4, -0.2) is 12.9 Å². The molecular weight excluding hydrogens is 291 g/mol. The second-order valence-corrected chi connectivity index (χ2v) is 5.18. The minimum Gasteiger partial charge on any atom is -0.497 e. The van der Waals surface area contributed by atoms with Gasteiger partial charge >= 0.3 is 0 Å². The first-order valence-corrected chi connectivity index (χ1v) is 7.05. The van der Waals surface area contributed by atoms with Gasteiger partial charge in [-0.05, 0) is 35.7 Å². The molecule has 2 rings (SSSR count). The molecule has 2 aromatic rings.